The summed E-state index contributed by atoms with van der Waals surface area (Å²) in [6.07, 6.45) is 0. The molecular weight excluding hydrogens is 268 g/mol. The predicted molar refractivity (Wildman–Crippen MR) is 72.1 cm³/mol. The van der Waals surface area contributed by atoms with Gasteiger partial charge in [0.25, 0.3) is 5.69 Å². The highest BCUT2D eigenvalue weighted by atomic mass is 32.2. The van der Waals surface area contributed by atoms with Crippen LogP contribution in [0.5, 0.6) is 0 Å². The standard InChI is InChI=1S/C12H14N2O4S/c1-8-2-3-10(14(17)18)9(4-8)5-13-7-19-6-11(13)12(15)16/h2-4,11H,5-7H2,1H3,(H,15,16). The van der Waals surface area contributed by atoms with Crippen LogP contribution in [0.4, 0.5) is 5.69 Å². The second-order valence-corrected chi connectivity index (χ2v) is 5.49. The van der Waals surface area contributed by atoms with Crippen molar-refractivity contribution < 1.29 is 14.8 Å². The highest BCUT2D eigenvalue weighted by Crippen LogP contribution is 2.27. The van der Waals surface area contributed by atoms with Crippen molar-refractivity contribution in [2.45, 2.75) is 19.5 Å². The number of carbonyl (C=O) groups is 1. The Bertz CT molecular complexity index is 520. The lowest BCUT2D eigenvalue weighted by molar-refractivity contribution is -0.385. The molecule has 1 fully saturated rings. The fraction of sp³-hybridized carbons (Fsp3) is 0.417. The molecule has 7 heteroatoms. The van der Waals surface area contributed by atoms with Gasteiger partial charge in [0.05, 0.1) is 4.92 Å². The molecule has 0 saturated carbocycles. The van der Waals surface area contributed by atoms with Crippen LogP contribution in [0.15, 0.2) is 18.2 Å². The number of carboxylic acid groups (broad SMARTS) is 1. The van der Waals surface area contributed by atoms with Gasteiger partial charge >= 0.3 is 5.97 Å². The molecule has 1 aliphatic heterocycles. The van der Waals surface area contributed by atoms with Gasteiger partial charge in [0.2, 0.25) is 0 Å². The molecule has 1 aromatic carbocycles. The lowest BCUT2D eigenvalue weighted by Gasteiger charge is -2.20. The average Bonchev–Trinajstić information content (AvgIpc) is 2.76. The van der Waals surface area contributed by atoms with E-state index in [0.717, 1.165) is 5.56 Å². The molecule has 0 aliphatic carbocycles. The third kappa shape index (κ3) is 3.05. The van der Waals surface area contributed by atoms with Crippen LogP contribution in [0.25, 0.3) is 0 Å². The molecule has 2 rings (SSSR count). The lowest BCUT2D eigenvalue weighted by atomic mass is 10.1. The van der Waals surface area contributed by atoms with E-state index in [1.54, 1.807) is 17.0 Å². The summed E-state index contributed by atoms with van der Waals surface area (Å²) in [4.78, 5) is 23.4. The fourth-order valence-electron chi connectivity index (χ4n) is 2.10. The van der Waals surface area contributed by atoms with Crippen molar-refractivity contribution in [1.29, 1.82) is 0 Å². The number of rotatable bonds is 4. The van der Waals surface area contributed by atoms with Gasteiger partial charge in [0, 0.05) is 29.8 Å². The van der Waals surface area contributed by atoms with Gasteiger partial charge in [0.1, 0.15) is 6.04 Å². The van der Waals surface area contributed by atoms with Crippen LogP contribution in [0.3, 0.4) is 0 Å². The van der Waals surface area contributed by atoms with Crippen LogP contribution >= 0.6 is 11.8 Å². The zero-order valence-electron chi connectivity index (χ0n) is 10.4. The zero-order valence-corrected chi connectivity index (χ0v) is 11.2. The van der Waals surface area contributed by atoms with Crippen LogP contribution in [-0.4, -0.2) is 38.6 Å². The maximum Gasteiger partial charge on any atom is 0.321 e. The van der Waals surface area contributed by atoms with Crippen LogP contribution in [0, 0.1) is 17.0 Å². The van der Waals surface area contributed by atoms with Crippen LogP contribution in [0.2, 0.25) is 0 Å². The molecule has 1 saturated heterocycles. The number of nitrogens with zero attached hydrogens (tertiary/aromatic N) is 2. The van der Waals surface area contributed by atoms with E-state index in [0.29, 0.717) is 23.7 Å². The molecule has 0 spiro atoms. The Morgan fingerprint density at radius 3 is 3.00 bits per heavy atom. The number of thioether (sulfide) groups is 1. The Morgan fingerprint density at radius 2 is 2.37 bits per heavy atom. The maximum atomic E-state index is 11.1. The molecule has 1 unspecified atom stereocenters. The molecule has 19 heavy (non-hydrogen) atoms. The Kier molecular flexibility index (Phi) is 4.06. The van der Waals surface area contributed by atoms with Crippen LogP contribution in [0.1, 0.15) is 11.1 Å². The third-order valence-corrected chi connectivity index (χ3v) is 4.13. The minimum absolute atomic E-state index is 0.0478. The summed E-state index contributed by atoms with van der Waals surface area (Å²) in [5.41, 5.74) is 1.55. The number of nitro benzene ring substituents is 1. The van der Waals surface area contributed by atoms with Crippen molar-refractivity contribution >= 4 is 23.4 Å². The summed E-state index contributed by atoms with van der Waals surface area (Å²) in [7, 11) is 0. The molecule has 1 aliphatic rings. The van der Waals surface area contributed by atoms with E-state index in [1.807, 2.05) is 6.92 Å². The Balaban J connectivity index is 2.25. The predicted octanol–water partition coefficient (Wildman–Crippen LogP) is 1.86. The molecule has 0 aromatic heterocycles. The van der Waals surface area contributed by atoms with Crippen molar-refractivity contribution in [3.05, 3.63) is 39.4 Å². The zero-order chi connectivity index (χ0) is 14.0. The Hall–Kier alpha value is -1.60. The van der Waals surface area contributed by atoms with Crippen LogP contribution in [-0.2, 0) is 11.3 Å². The molecule has 1 aromatic rings. The minimum Gasteiger partial charge on any atom is -0.480 e. The summed E-state index contributed by atoms with van der Waals surface area (Å²) in [5.74, 6) is 0.233. The molecule has 0 bridgehead atoms. The number of hydrogen-bond acceptors (Lipinski definition) is 5. The second-order valence-electron chi connectivity index (χ2n) is 4.49. The first-order valence-corrected chi connectivity index (χ1v) is 6.93. The number of aryl methyl sites for hydroxylation is 1. The number of nitro groups is 1. The summed E-state index contributed by atoms with van der Waals surface area (Å²) >= 11 is 1.53. The minimum atomic E-state index is -0.875. The van der Waals surface area contributed by atoms with Crippen molar-refractivity contribution in [2.75, 3.05) is 11.6 Å². The first-order chi connectivity index (χ1) is 8.99. The van der Waals surface area contributed by atoms with E-state index in [9.17, 15) is 14.9 Å². The maximum absolute atomic E-state index is 11.1. The molecule has 1 heterocycles. The van der Waals surface area contributed by atoms with E-state index >= 15 is 0 Å². The van der Waals surface area contributed by atoms with E-state index < -0.39 is 16.9 Å². The van der Waals surface area contributed by atoms with Crippen molar-refractivity contribution in [1.82, 2.24) is 4.90 Å². The number of aliphatic carboxylic acids is 1. The largest absolute Gasteiger partial charge is 0.480 e. The fourth-order valence-corrected chi connectivity index (χ4v) is 3.29. The van der Waals surface area contributed by atoms with Crippen molar-refractivity contribution in [3.8, 4) is 0 Å². The van der Waals surface area contributed by atoms with E-state index in [4.69, 9.17) is 5.11 Å². The van der Waals surface area contributed by atoms with Gasteiger partial charge in [-0.15, -0.1) is 11.8 Å². The molecule has 102 valence electrons. The highest BCUT2D eigenvalue weighted by molar-refractivity contribution is 7.99. The quantitative estimate of drug-likeness (QED) is 0.670. The van der Waals surface area contributed by atoms with Crippen LogP contribution < -0.4 is 0 Å². The molecule has 0 amide bonds. The van der Waals surface area contributed by atoms with E-state index in [-0.39, 0.29) is 5.69 Å². The molecule has 6 nitrogen and oxygen atoms in total. The Labute approximate surface area is 114 Å². The van der Waals surface area contributed by atoms with Gasteiger partial charge < -0.3 is 5.11 Å². The molecule has 1 N–H and O–H groups in total. The topological polar surface area (TPSA) is 83.7 Å². The average molecular weight is 282 g/mol. The number of carboxylic acids is 1. The van der Waals surface area contributed by atoms with Gasteiger partial charge in [-0.05, 0) is 13.0 Å². The van der Waals surface area contributed by atoms with E-state index in [2.05, 4.69) is 0 Å². The second kappa shape index (κ2) is 5.58. The van der Waals surface area contributed by atoms with E-state index in [1.165, 1.54) is 17.8 Å². The summed E-state index contributed by atoms with van der Waals surface area (Å²) < 4.78 is 0. The number of hydrogen-bond donors (Lipinski definition) is 1. The summed E-state index contributed by atoms with van der Waals surface area (Å²) in [5, 5.41) is 20.1. The number of benzene rings is 1. The lowest BCUT2D eigenvalue weighted by Crippen LogP contribution is -2.37. The van der Waals surface area contributed by atoms with Gasteiger partial charge in [-0.2, -0.15) is 0 Å². The SMILES string of the molecule is Cc1ccc([N+](=O)[O-])c(CN2CSCC2C(=O)O)c1. The van der Waals surface area contributed by atoms with Crippen molar-refractivity contribution in [3.63, 3.8) is 0 Å². The first-order valence-electron chi connectivity index (χ1n) is 5.77. The first kappa shape index (κ1) is 13.8. The normalized spacial score (nSPS) is 19.5. The molecule has 1 atom stereocenters. The van der Waals surface area contributed by atoms with Gasteiger partial charge in [0.15, 0.2) is 0 Å². The molecule has 0 radical (unpaired) electrons. The monoisotopic (exact) mass is 282 g/mol. The Morgan fingerprint density at radius 1 is 1.63 bits per heavy atom. The highest BCUT2D eigenvalue weighted by Gasteiger charge is 2.32. The summed E-state index contributed by atoms with van der Waals surface area (Å²) in [6, 6.07) is 4.35. The van der Waals surface area contributed by atoms with Crippen molar-refractivity contribution in [2.24, 2.45) is 0 Å². The van der Waals surface area contributed by atoms with Gasteiger partial charge in [-0.25, -0.2) is 0 Å². The van der Waals surface area contributed by atoms with Gasteiger partial charge in [-0.3, -0.25) is 19.8 Å². The van der Waals surface area contributed by atoms with Gasteiger partial charge in [-0.1, -0.05) is 11.6 Å². The smallest absolute Gasteiger partial charge is 0.321 e. The molecular formula is C12H14N2O4S. The summed E-state index contributed by atoms with van der Waals surface area (Å²) in [6.45, 7) is 2.16. The third-order valence-electron chi connectivity index (χ3n) is 3.06.